The Morgan fingerprint density at radius 1 is 1.38 bits per heavy atom. The summed E-state index contributed by atoms with van der Waals surface area (Å²) >= 11 is 0. The number of hydrogen-bond donors (Lipinski definition) is 0. The molecule has 3 nitrogen and oxygen atoms in total. The lowest BCUT2D eigenvalue weighted by atomic mass is 10.1. The van der Waals surface area contributed by atoms with Crippen molar-refractivity contribution < 1.29 is 9.57 Å². The predicted molar refractivity (Wildman–Crippen MR) is 55.1 cm³/mol. The SMILES string of the molecule is CCCC(CC)OCC(C)=NOC. The summed E-state index contributed by atoms with van der Waals surface area (Å²) < 4.78 is 5.64. The lowest BCUT2D eigenvalue weighted by molar-refractivity contribution is 0.0692. The molecule has 1 unspecified atom stereocenters. The Hall–Kier alpha value is -0.570. The van der Waals surface area contributed by atoms with Crippen molar-refractivity contribution in [2.24, 2.45) is 5.16 Å². The molecule has 0 fully saturated rings. The maximum atomic E-state index is 5.64. The molecule has 0 aliphatic carbocycles. The van der Waals surface area contributed by atoms with Crippen LogP contribution in [0.5, 0.6) is 0 Å². The summed E-state index contributed by atoms with van der Waals surface area (Å²) in [6.45, 7) is 6.79. The first kappa shape index (κ1) is 12.4. The molecule has 13 heavy (non-hydrogen) atoms. The highest BCUT2D eigenvalue weighted by atomic mass is 16.6. The summed E-state index contributed by atoms with van der Waals surface area (Å²) in [6.07, 6.45) is 3.72. The zero-order valence-corrected chi connectivity index (χ0v) is 9.17. The zero-order valence-electron chi connectivity index (χ0n) is 9.17. The van der Waals surface area contributed by atoms with Crippen LogP contribution in [-0.2, 0) is 9.57 Å². The van der Waals surface area contributed by atoms with Crippen LogP contribution in [0.2, 0.25) is 0 Å². The fraction of sp³-hybridized carbons (Fsp3) is 0.900. The van der Waals surface area contributed by atoms with Gasteiger partial charge in [-0.15, -0.1) is 0 Å². The first-order valence-corrected chi connectivity index (χ1v) is 4.92. The third-order valence-electron chi connectivity index (χ3n) is 1.84. The van der Waals surface area contributed by atoms with E-state index in [2.05, 4.69) is 23.8 Å². The summed E-state index contributed by atoms with van der Waals surface area (Å²) in [5, 5.41) is 3.78. The first-order chi connectivity index (χ1) is 6.24. The summed E-state index contributed by atoms with van der Waals surface area (Å²) in [7, 11) is 1.55. The standard InChI is InChI=1S/C10H21NO2/c1-5-7-10(6-2)13-8-9(3)11-12-4/h10H,5-8H2,1-4H3. The van der Waals surface area contributed by atoms with Crippen LogP contribution in [0.4, 0.5) is 0 Å². The Balaban J connectivity index is 3.64. The molecule has 0 aromatic heterocycles. The lowest BCUT2D eigenvalue weighted by Crippen LogP contribution is -2.16. The van der Waals surface area contributed by atoms with E-state index in [1.54, 1.807) is 7.11 Å². The minimum absolute atomic E-state index is 0.368. The maximum Gasteiger partial charge on any atom is 0.106 e. The molecular weight excluding hydrogens is 166 g/mol. The molecule has 0 saturated carbocycles. The van der Waals surface area contributed by atoms with E-state index >= 15 is 0 Å². The predicted octanol–water partition coefficient (Wildman–Crippen LogP) is 2.60. The molecule has 0 rings (SSSR count). The molecule has 0 amide bonds. The van der Waals surface area contributed by atoms with Crippen molar-refractivity contribution in [1.82, 2.24) is 0 Å². The van der Waals surface area contributed by atoms with Crippen molar-refractivity contribution in [2.45, 2.75) is 46.1 Å². The van der Waals surface area contributed by atoms with Crippen LogP contribution < -0.4 is 0 Å². The van der Waals surface area contributed by atoms with E-state index in [-0.39, 0.29) is 0 Å². The van der Waals surface area contributed by atoms with Crippen LogP contribution in [0, 0.1) is 0 Å². The molecule has 3 heteroatoms. The topological polar surface area (TPSA) is 30.8 Å². The maximum absolute atomic E-state index is 5.64. The second kappa shape index (κ2) is 8.05. The molecule has 78 valence electrons. The largest absolute Gasteiger partial charge is 0.399 e. The summed E-state index contributed by atoms with van der Waals surface area (Å²) in [5.41, 5.74) is 0.886. The zero-order chi connectivity index (χ0) is 10.1. The van der Waals surface area contributed by atoms with Gasteiger partial charge >= 0.3 is 0 Å². The Labute approximate surface area is 81.1 Å². The Bertz CT molecular complexity index is 146. The van der Waals surface area contributed by atoms with Crippen LogP contribution >= 0.6 is 0 Å². The third-order valence-corrected chi connectivity index (χ3v) is 1.84. The number of oxime groups is 1. The molecule has 0 aromatic carbocycles. The van der Waals surface area contributed by atoms with Crippen molar-refractivity contribution in [1.29, 1.82) is 0 Å². The van der Waals surface area contributed by atoms with Gasteiger partial charge in [-0.2, -0.15) is 0 Å². The average Bonchev–Trinajstić information content (AvgIpc) is 2.12. The van der Waals surface area contributed by atoms with Gasteiger partial charge in [0.15, 0.2) is 0 Å². The highest BCUT2D eigenvalue weighted by Crippen LogP contribution is 2.05. The van der Waals surface area contributed by atoms with Crippen LogP contribution in [-0.4, -0.2) is 25.5 Å². The van der Waals surface area contributed by atoms with Gasteiger partial charge in [0.25, 0.3) is 0 Å². The van der Waals surface area contributed by atoms with E-state index in [0.717, 1.165) is 18.6 Å². The highest BCUT2D eigenvalue weighted by Gasteiger charge is 2.05. The number of rotatable bonds is 7. The molecule has 0 aliphatic heterocycles. The van der Waals surface area contributed by atoms with E-state index in [0.29, 0.717) is 12.7 Å². The number of hydrogen-bond acceptors (Lipinski definition) is 3. The molecule has 0 aliphatic rings. The van der Waals surface area contributed by atoms with Gasteiger partial charge in [0, 0.05) is 0 Å². The fourth-order valence-electron chi connectivity index (χ4n) is 1.15. The van der Waals surface area contributed by atoms with Gasteiger partial charge in [-0.25, -0.2) is 0 Å². The van der Waals surface area contributed by atoms with E-state index in [9.17, 15) is 0 Å². The third kappa shape index (κ3) is 6.58. The molecule has 0 N–H and O–H groups in total. The van der Waals surface area contributed by atoms with E-state index in [1.807, 2.05) is 6.92 Å². The molecular formula is C10H21NO2. The van der Waals surface area contributed by atoms with Gasteiger partial charge in [-0.05, 0) is 19.8 Å². The van der Waals surface area contributed by atoms with Gasteiger partial charge in [0.2, 0.25) is 0 Å². The Kier molecular flexibility index (Phi) is 7.69. The fourth-order valence-corrected chi connectivity index (χ4v) is 1.15. The molecule has 0 aromatic rings. The number of nitrogens with zero attached hydrogens (tertiary/aromatic N) is 1. The van der Waals surface area contributed by atoms with Crippen molar-refractivity contribution in [3.8, 4) is 0 Å². The van der Waals surface area contributed by atoms with Gasteiger partial charge in [0.05, 0.1) is 18.4 Å². The molecule has 0 bridgehead atoms. The van der Waals surface area contributed by atoms with Crippen LogP contribution in [0.3, 0.4) is 0 Å². The van der Waals surface area contributed by atoms with Gasteiger partial charge < -0.3 is 9.57 Å². The summed E-state index contributed by atoms with van der Waals surface area (Å²) in [5.74, 6) is 0. The Morgan fingerprint density at radius 3 is 2.54 bits per heavy atom. The average molecular weight is 187 g/mol. The second-order valence-electron chi connectivity index (χ2n) is 3.14. The molecule has 0 spiro atoms. The molecule has 0 saturated heterocycles. The minimum Gasteiger partial charge on any atom is -0.399 e. The molecule has 0 radical (unpaired) electrons. The highest BCUT2D eigenvalue weighted by molar-refractivity contribution is 5.82. The number of ether oxygens (including phenoxy) is 1. The quantitative estimate of drug-likeness (QED) is 0.453. The normalized spacial score (nSPS) is 14.3. The summed E-state index contributed by atoms with van der Waals surface area (Å²) in [6, 6.07) is 0. The van der Waals surface area contributed by atoms with Gasteiger partial charge in [-0.1, -0.05) is 25.4 Å². The van der Waals surface area contributed by atoms with E-state index < -0.39 is 0 Å². The van der Waals surface area contributed by atoms with Crippen LogP contribution in [0.25, 0.3) is 0 Å². The van der Waals surface area contributed by atoms with E-state index in [1.165, 1.54) is 6.42 Å². The monoisotopic (exact) mass is 187 g/mol. The van der Waals surface area contributed by atoms with Gasteiger partial charge in [-0.3, -0.25) is 0 Å². The lowest BCUT2D eigenvalue weighted by Gasteiger charge is -2.14. The molecule has 1 atom stereocenters. The first-order valence-electron chi connectivity index (χ1n) is 4.92. The van der Waals surface area contributed by atoms with Crippen LogP contribution in [0.1, 0.15) is 40.0 Å². The smallest absolute Gasteiger partial charge is 0.106 e. The summed E-state index contributed by atoms with van der Waals surface area (Å²) in [4.78, 5) is 4.64. The van der Waals surface area contributed by atoms with Gasteiger partial charge in [0.1, 0.15) is 7.11 Å². The minimum atomic E-state index is 0.368. The van der Waals surface area contributed by atoms with Crippen molar-refractivity contribution >= 4 is 5.71 Å². The Morgan fingerprint density at radius 2 is 2.08 bits per heavy atom. The molecule has 0 heterocycles. The van der Waals surface area contributed by atoms with Crippen molar-refractivity contribution in [2.75, 3.05) is 13.7 Å². The van der Waals surface area contributed by atoms with E-state index in [4.69, 9.17) is 4.74 Å². The second-order valence-corrected chi connectivity index (χ2v) is 3.14. The van der Waals surface area contributed by atoms with Crippen molar-refractivity contribution in [3.05, 3.63) is 0 Å². The van der Waals surface area contributed by atoms with Crippen LogP contribution in [0.15, 0.2) is 5.16 Å². The van der Waals surface area contributed by atoms with Crippen molar-refractivity contribution in [3.63, 3.8) is 0 Å².